The summed E-state index contributed by atoms with van der Waals surface area (Å²) in [5.41, 5.74) is 1.02. The van der Waals surface area contributed by atoms with E-state index in [1.54, 1.807) is 0 Å². The van der Waals surface area contributed by atoms with Gasteiger partial charge in [-0.1, -0.05) is 12.1 Å². The third-order valence-electron chi connectivity index (χ3n) is 2.14. The van der Waals surface area contributed by atoms with Gasteiger partial charge in [0, 0.05) is 18.7 Å². The summed E-state index contributed by atoms with van der Waals surface area (Å²) in [6.45, 7) is 3.22. The first kappa shape index (κ1) is 14.0. The second kappa shape index (κ2) is 7.29. The van der Waals surface area contributed by atoms with Crippen LogP contribution >= 0.6 is 15.9 Å². The molecular formula is C12H17BrN2O2. The summed E-state index contributed by atoms with van der Waals surface area (Å²) in [5.74, 6) is 0.603. The van der Waals surface area contributed by atoms with E-state index in [9.17, 15) is 4.79 Å². The van der Waals surface area contributed by atoms with E-state index in [0.29, 0.717) is 18.8 Å². The molecular weight excluding hydrogens is 284 g/mol. The Morgan fingerprint density at radius 3 is 2.88 bits per heavy atom. The molecule has 1 rings (SSSR count). The number of hydrogen-bond donors (Lipinski definition) is 2. The van der Waals surface area contributed by atoms with Crippen molar-refractivity contribution < 1.29 is 9.53 Å². The van der Waals surface area contributed by atoms with Crippen LogP contribution in [0.2, 0.25) is 0 Å². The standard InChI is InChI=1S/C12H17BrN2O2/c1-3-15-11(16)8-17-12-9(7-14-2)5-4-6-10(12)13/h4-6,14H,3,7-8H2,1-2H3,(H,15,16). The fourth-order valence-electron chi connectivity index (χ4n) is 1.43. The van der Waals surface area contributed by atoms with Gasteiger partial charge in [-0.3, -0.25) is 4.79 Å². The summed E-state index contributed by atoms with van der Waals surface area (Å²) in [4.78, 5) is 11.3. The van der Waals surface area contributed by atoms with Crippen molar-refractivity contribution in [2.45, 2.75) is 13.5 Å². The van der Waals surface area contributed by atoms with E-state index in [2.05, 4.69) is 26.6 Å². The predicted molar refractivity (Wildman–Crippen MR) is 71.1 cm³/mol. The van der Waals surface area contributed by atoms with Crippen LogP contribution in [0.3, 0.4) is 0 Å². The lowest BCUT2D eigenvalue weighted by molar-refractivity contribution is -0.123. The molecule has 17 heavy (non-hydrogen) atoms. The molecule has 0 unspecified atom stereocenters. The minimum Gasteiger partial charge on any atom is -0.482 e. The number of nitrogens with one attached hydrogen (secondary N) is 2. The Morgan fingerprint density at radius 1 is 1.47 bits per heavy atom. The van der Waals surface area contributed by atoms with Gasteiger partial charge in [0.2, 0.25) is 0 Å². The van der Waals surface area contributed by atoms with Crippen LogP contribution in [0.15, 0.2) is 22.7 Å². The maximum Gasteiger partial charge on any atom is 0.257 e. The summed E-state index contributed by atoms with van der Waals surface area (Å²) >= 11 is 3.42. The first-order valence-electron chi connectivity index (χ1n) is 5.50. The van der Waals surface area contributed by atoms with Gasteiger partial charge in [0.05, 0.1) is 4.47 Å². The molecule has 0 saturated heterocycles. The highest BCUT2D eigenvalue weighted by Gasteiger charge is 2.09. The second-order valence-electron chi connectivity index (χ2n) is 3.50. The van der Waals surface area contributed by atoms with Crippen molar-refractivity contribution in [1.29, 1.82) is 0 Å². The Hall–Kier alpha value is -1.07. The zero-order valence-corrected chi connectivity index (χ0v) is 11.6. The van der Waals surface area contributed by atoms with Crippen molar-refractivity contribution in [3.8, 4) is 5.75 Å². The lowest BCUT2D eigenvalue weighted by Crippen LogP contribution is -2.28. The Bertz CT molecular complexity index is 383. The molecule has 0 aromatic heterocycles. The molecule has 0 saturated carbocycles. The molecule has 4 nitrogen and oxygen atoms in total. The number of carbonyl (C=O) groups is 1. The highest BCUT2D eigenvalue weighted by molar-refractivity contribution is 9.10. The van der Waals surface area contributed by atoms with Gasteiger partial charge in [0.15, 0.2) is 6.61 Å². The van der Waals surface area contributed by atoms with Gasteiger partial charge in [-0.2, -0.15) is 0 Å². The average molecular weight is 301 g/mol. The monoisotopic (exact) mass is 300 g/mol. The largest absolute Gasteiger partial charge is 0.482 e. The van der Waals surface area contributed by atoms with E-state index in [-0.39, 0.29) is 12.5 Å². The van der Waals surface area contributed by atoms with Gasteiger partial charge < -0.3 is 15.4 Å². The van der Waals surface area contributed by atoms with Crippen LogP contribution in [0.5, 0.6) is 5.75 Å². The topological polar surface area (TPSA) is 50.4 Å². The average Bonchev–Trinajstić information content (AvgIpc) is 2.29. The first-order valence-corrected chi connectivity index (χ1v) is 6.29. The normalized spacial score (nSPS) is 10.1. The number of carbonyl (C=O) groups excluding carboxylic acids is 1. The third kappa shape index (κ3) is 4.36. The quantitative estimate of drug-likeness (QED) is 0.840. The van der Waals surface area contributed by atoms with E-state index in [1.165, 1.54) is 0 Å². The van der Waals surface area contributed by atoms with Gasteiger partial charge in [-0.15, -0.1) is 0 Å². The number of likely N-dealkylation sites (N-methyl/N-ethyl adjacent to an activating group) is 1. The molecule has 1 aromatic rings. The molecule has 0 aliphatic rings. The van der Waals surface area contributed by atoms with Crippen molar-refractivity contribution in [2.24, 2.45) is 0 Å². The van der Waals surface area contributed by atoms with Crippen LogP contribution in [-0.4, -0.2) is 26.1 Å². The second-order valence-corrected chi connectivity index (χ2v) is 4.35. The zero-order valence-electron chi connectivity index (χ0n) is 10.0. The summed E-state index contributed by atoms with van der Waals surface area (Å²) in [6.07, 6.45) is 0. The smallest absolute Gasteiger partial charge is 0.257 e. The summed E-state index contributed by atoms with van der Waals surface area (Å²) in [5, 5.41) is 5.75. The molecule has 0 fully saturated rings. The van der Waals surface area contributed by atoms with E-state index in [1.807, 2.05) is 32.2 Å². The number of halogens is 1. The predicted octanol–water partition coefficient (Wildman–Crippen LogP) is 1.68. The van der Waals surface area contributed by atoms with Crippen LogP contribution in [-0.2, 0) is 11.3 Å². The fraction of sp³-hybridized carbons (Fsp3) is 0.417. The minimum absolute atomic E-state index is 0.0349. The van der Waals surface area contributed by atoms with Gasteiger partial charge in [0.1, 0.15) is 5.75 Å². The molecule has 0 spiro atoms. The van der Waals surface area contributed by atoms with E-state index >= 15 is 0 Å². The van der Waals surface area contributed by atoms with Crippen LogP contribution in [0, 0.1) is 0 Å². The van der Waals surface area contributed by atoms with Crippen LogP contribution in [0.4, 0.5) is 0 Å². The fourth-order valence-corrected chi connectivity index (χ4v) is 1.95. The summed E-state index contributed by atoms with van der Waals surface area (Å²) in [7, 11) is 1.87. The van der Waals surface area contributed by atoms with Gasteiger partial charge in [-0.25, -0.2) is 0 Å². The number of amides is 1. The third-order valence-corrected chi connectivity index (χ3v) is 2.76. The van der Waals surface area contributed by atoms with Crippen molar-refractivity contribution >= 4 is 21.8 Å². The zero-order chi connectivity index (χ0) is 12.7. The SMILES string of the molecule is CCNC(=O)COc1c(Br)cccc1CNC. The summed E-state index contributed by atoms with van der Waals surface area (Å²) in [6, 6.07) is 5.80. The Kier molecular flexibility index (Phi) is 6.00. The van der Waals surface area contributed by atoms with E-state index in [0.717, 1.165) is 10.0 Å². The molecule has 0 aliphatic heterocycles. The number of rotatable bonds is 6. The first-order chi connectivity index (χ1) is 8.19. The molecule has 94 valence electrons. The Morgan fingerprint density at radius 2 is 2.24 bits per heavy atom. The minimum atomic E-state index is -0.112. The maximum atomic E-state index is 11.3. The van der Waals surface area contributed by atoms with Gasteiger partial charge >= 0.3 is 0 Å². The van der Waals surface area contributed by atoms with E-state index < -0.39 is 0 Å². The summed E-state index contributed by atoms with van der Waals surface area (Å²) < 4.78 is 6.39. The van der Waals surface area contributed by atoms with Crippen LogP contribution in [0.25, 0.3) is 0 Å². The highest BCUT2D eigenvalue weighted by Crippen LogP contribution is 2.28. The molecule has 0 atom stereocenters. The maximum absolute atomic E-state index is 11.3. The number of benzene rings is 1. The van der Waals surface area contributed by atoms with Gasteiger partial charge in [0.25, 0.3) is 5.91 Å². The lowest BCUT2D eigenvalue weighted by atomic mass is 10.2. The molecule has 0 radical (unpaired) electrons. The van der Waals surface area contributed by atoms with Crippen molar-refractivity contribution in [3.63, 3.8) is 0 Å². The molecule has 1 amide bonds. The molecule has 0 aliphatic carbocycles. The molecule has 5 heteroatoms. The number of para-hydroxylation sites is 1. The molecule has 1 aromatic carbocycles. The Balaban J connectivity index is 2.71. The number of hydrogen-bond acceptors (Lipinski definition) is 3. The number of ether oxygens (including phenoxy) is 1. The lowest BCUT2D eigenvalue weighted by Gasteiger charge is -2.12. The Labute approximate surface area is 110 Å². The van der Waals surface area contributed by atoms with Crippen LogP contribution in [0.1, 0.15) is 12.5 Å². The highest BCUT2D eigenvalue weighted by atomic mass is 79.9. The van der Waals surface area contributed by atoms with Gasteiger partial charge in [-0.05, 0) is 36.0 Å². The van der Waals surface area contributed by atoms with Crippen LogP contribution < -0.4 is 15.4 Å². The van der Waals surface area contributed by atoms with Crippen molar-refractivity contribution in [2.75, 3.05) is 20.2 Å². The van der Waals surface area contributed by atoms with E-state index in [4.69, 9.17) is 4.74 Å². The molecule has 0 bridgehead atoms. The van der Waals surface area contributed by atoms with Crippen molar-refractivity contribution in [1.82, 2.24) is 10.6 Å². The molecule has 2 N–H and O–H groups in total. The van der Waals surface area contributed by atoms with Crippen molar-refractivity contribution in [3.05, 3.63) is 28.2 Å². The molecule has 0 heterocycles.